The topological polar surface area (TPSA) is 76.2 Å². The van der Waals surface area contributed by atoms with Crippen LogP contribution in [0.15, 0.2) is 36.7 Å². The van der Waals surface area contributed by atoms with Gasteiger partial charge in [-0.3, -0.25) is 4.79 Å². The van der Waals surface area contributed by atoms with Crippen molar-refractivity contribution in [1.29, 1.82) is 0 Å². The van der Waals surface area contributed by atoms with Crippen molar-refractivity contribution in [2.45, 2.75) is 37.9 Å². The molecule has 3 N–H and O–H groups in total. The van der Waals surface area contributed by atoms with Crippen LogP contribution in [0.25, 0.3) is 5.69 Å². The van der Waals surface area contributed by atoms with E-state index in [1.54, 1.807) is 6.20 Å². The molecule has 0 bridgehead atoms. The van der Waals surface area contributed by atoms with Crippen molar-refractivity contribution in [2.75, 3.05) is 14.1 Å². The van der Waals surface area contributed by atoms with Gasteiger partial charge >= 0.3 is 0 Å². The van der Waals surface area contributed by atoms with Crippen molar-refractivity contribution in [3.63, 3.8) is 0 Å². The molecule has 1 heterocycles. The van der Waals surface area contributed by atoms with Crippen molar-refractivity contribution >= 4 is 5.91 Å². The third-order valence-electron chi connectivity index (χ3n) is 4.47. The van der Waals surface area contributed by atoms with Crippen molar-refractivity contribution in [3.8, 4) is 5.69 Å². The van der Waals surface area contributed by atoms with Gasteiger partial charge in [-0.1, -0.05) is 0 Å². The van der Waals surface area contributed by atoms with Crippen LogP contribution >= 0.6 is 0 Å². The quantitative estimate of drug-likeness (QED) is 0.873. The second kappa shape index (κ2) is 7.15. The van der Waals surface area contributed by atoms with Gasteiger partial charge in [-0.25, -0.2) is 4.98 Å². The number of imidazole rings is 1. The first-order valence-corrected chi connectivity index (χ1v) is 8.38. The first-order valence-electron chi connectivity index (χ1n) is 8.38. The lowest BCUT2D eigenvalue weighted by Gasteiger charge is -2.17. The van der Waals surface area contributed by atoms with Crippen LogP contribution in [0.1, 0.15) is 35.4 Å². The van der Waals surface area contributed by atoms with Crippen LogP contribution < -0.4 is 11.1 Å². The number of aromatic nitrogens is 2. The van der Waals surface area contributed by atoms with E-state index in [2.05, 4.69) is 15.2 Å². The molecule has 1 aliphatic rings. The summed E-state index contributed by atoms with van der Waals surface area (Å²) in [7, 11) is 4.03. The number of hydrogen-bond donors (Lipinski definition) is 2. The minimum absolute atomic E-state index is 0.0527. The van der Waals surface area contributed by atoms with E-state index >= 15 is 0 Å². The predicted molar refractivity (Wildman–Crippen MR) is 94.0 cm³/mol. The zero-order valence-corrected chi connectivity index (χ0v) is 14.3. The molecule has 1 amide bonds. The molecule has 24 heavy (non-hydrogen) atoms. The van der Waals surface area contributed by atoms with Crippen LogP contribution in [0.5, 0.6) is 0 Å². The lowest BCUT2D eigenvalue weighted by Crippen LogP contribution is -2.43. The fourth-order valence-electron chi connectivity index (χ4n) is 3.16. The Bertz CT molecular complexity index is 692. The zero-order chi connectivity index (χ0) is 17.1. The lowest BCUT2D eigenvalue weighted by atomic mass is 10.1. The van der Waals surface area contributed by atoms with E-state index in [4.69, 9.17) is 5.73 Å². The molecule has 2 aromatic rings. The molecule has 6 nitrogen and oxygen atoms in total. The smallest absolute Gasteiger partial charge is 0.251 e. The molecule has 1 fully saturated rings. The average molecular weight is 327 g/mol. The maximum Gasteiger partial charge on any atom is 0.251 e. The fraction of sp³-hybridized carbons (Fsp3) is 0.444. The Kier molecular flexibility index (Phi) is 4.97. The Balaban J connectivity index is 1.71. The number of nitrogens with one attached hydrogen (secondary N) is 1. The number of nitrogens with zero attached hydrogens (tertiary/aromatic N) is 3. The van der Waals surface area contributed by atoms with E-state index in [1.165, 1.54) is 0 Å². The highest BCUT2D eigenvalue weighted by molar-refractivity contribution is 5.94. The minimum Gasteiger partial charge on any atom is -0.348 e. The van der Waals surface area contributed by atoms with Gasteiger partial charge in [0.15, 0.2) is 0 Å². The second-order valence-electron chi connectivity index (χ2n) is 6.67. The van der Waals surface area contributed by atoms with E-state index in [0.717, 1.165) is 37.3 Å². The van der Waals surface area contributed by atoms with Gasteiger partial charge in [-0.15, -0.1) is 0 Å². The summed E-state index contributed by atoms with van der Waals surface area (Å²) in [6, 6.07) is 7.77. The SMILES string of the molecule is CN(C)Cc1nccn1-c1ccc(C(=O)NC2CCCC2N)cc1. The number of benzene rings is 1. The third-order valence-corrected chi connectivity index (χ3v) is 4.47. The molecule has 0 radical (unpaired) electrons. The molecule has 1 aromatic carbocycles. The molecule has 1 aliphatic carbocycles. The Morgan fingerprint density at radius 3 is 2.71 bits per heavy atom. The maximum absolute atomic E-state index is 12.4. The Labute approximate surface area is 142 Å². The van der Waals surface area contributed by atoms with Gasteiger partial charge in [0.1, 0.15) is 5.82 Å². The van der Waals surface area contributed by atoms with E-state index in [1.807, 2.05) is 49.1 Å². The highest BCUT2D eigenvalue weighted by Gasteiger charge is 2.25. The zero-order valence-electron chi connectivity index (χ0n) is 14.3. The van der Waals surface area contributed by atoms with Crippen LogP contribution in [0.4, 0.5) is 0 Å². The lowest BCUT2D eigenvalue weighted by molar-refractivity contribution is 0.0934. The van der Waals surface area contributed by atoms with Crippen LogP contribution in [-0.2, 0) is 6.54 Å². The van der Waals surface area contributed by atoms with Crippen LogP contribution in [0, 0.1) is 0 Å². The van der Waals surface area contributed by atoms with E-state index in [-0.39, 0.29) is 18.0 Å². The van der Waals surface area contributed by atoms with Gasteiger partial charge in [0.25, 0.3) is 5.91 Å². The van der Waals surface area contributed by atoms with Crippen LogP contribution in [-0.4, -0.2) is 46.5 Å². The summed E-state index contributed by atoms with van der Waals surface area (Å²) >= 11 is 0. The average Bonchev–Trinajstić information content (AvgIpc) is 3.16. The van der Waals surface area contributed by atoms with E-state index in [0.29, 0.717) is 5.56 Å². The minimum atomic E-state index is -0.0527. The molecule has 1 aromatic heterocycles. The van der Waals surface area contributed by atoms with Crippen molar-refractivity contribution in [3.05, 3.63) is 48.0 Å². The Morgan fingerprint density at radius 1 is 1.33 bits per heavy atom. The molecule has 1 saturated carbocycles. The molecule has 6 heteroatoms. The van der Waals surface area contributed by atoms with E-state index in [9.17, 15) is 4.79 Å². The maximum atomic E-state index is 12.4. The largest absolute Gasteiger partial charge is 0.348 e. The van der Waals surface area contributed by atoms with Crippen molar-refractivity contribution in [1.82, 2.24) is 19.8 Å². The summed E-state index contributed by atoms with van der Waals surface area (Å²) < 4.78 is 2.04. The number of amides is 1. The molecular formula is C18H25N5O. The first-order chi connectivity index (χ1) is 11.5. The van der Waals surface area contributed by atoms with Crippen molar-refractivity contribution in [2.24, 2.45) is 5.73 Å². The summed E-state index contributed by atoms with van der Waals surface area (Å²) in [4.78, 5) is 18.8. The standard InChI is InChI=1S/C18H25N5O/c1-22(2)12-17-20-10-11-23(17)14-8-6-13(7-9-14)18(24)21-16-5-3-4-15(16)19/h6-11,15-16H,3-5,12,19H2,1-2H3,(H,21,24). The fourth-order valence-corrected chi connectivity index (χ4v) is 3.16. The summed E-state index contributed by atoms with van der Waals surface area (Å²) in [6.45, 7) is 0.759. The van der Waals surface area contributed by atoms with Gasteiger partial charge in [-0.2, -0.15) is 0 Å². The number of nitrogens with two attached hydrogens (primary N) is 1. The molecular weight excluding hydrogens is 302 g/mol. The summed E-state index contributed by atoms with van der Waals surface area (Å²) in [6.07, 6.45) is 6.76. The first kappa shape index (κ1) is 16.7. The summed E-state index contributed by atoms with van der Waals surface area (Å²) in [5, 5.41) is 3.05. The Hall–Kier alpha value is -2.18. The monoisotopic (exact) mass is 327 g/mol. The molecule has 2 unspecified atom stereocenters. The Morgan fingerprint density at radius 2 is 2.08 bits per heavy atom. The molecule has 128 valence electrons. The summed E-state index contributed by atoms with van der Waals surface area (Å²) in [5.41, 5.74) is 7.68. The highest BCUT2D eigenvalue weighted by Crippen LogP contribution is 2.18. The predicted octanol–water partition coefficient (Wildman–Crippen LogP) is 1.54. The summed E-state index contributed by atoms with van der Waals surface area (Å²) in [5.74, 6) is 0.914. The van der Waals surface area contributed by atoms with Crippen LogP contribution in [0.2, 0.25) is 0 Å². The van der Waals surface area contributed by atoms with Gasteiger partial charge in [0, 0.05) is 35.7 Å². The number of hydrogen-bond acceptors (Lipinski definition) is 4. The molecule has 2 atom stereocenters. The molecule has 0 aliphatic heterocycles. The van der Waals surface area contributed by atoms with Crippen LogP contribution in [0.3, 0.4) is 0 Å². The third kappa shape index (κ3) is 3.66. The van der Waals surface area contributed by atoms with Gasteiger partial charge in [0.2, 0.25) is 0 Å². The van der Waals surface area contributed by atoms with Gasteiger partial charge in [0.05, 0.1) is 6.54 Å². The van der Waals surface area contributed by atoms with Gasteiger partial charge < -0.3 is 20.5 Å². The highest BCUT2D eigenvalue weighted by atomic mass is 16.1. The van der Waals surface area contributed by atoms with E-state index < -0.39 is 0 Å². The normalized spacial score (nSPS) is 20.5. The second-order valence-corrected chi connectivity index (χ2v) is 6.67. The number of carbonyl (C=O) groups excluding carboxylic acids is 1. The molecule has 3 rings (SSSR count). The number of carbonyl (C=O) groups is 1. The van der Waals surface area contributed by atoms with Crippen molar-refractivity contribution < 1.29 is 4.79 Å². The number of rotatable bonds is 5. The molecule has 0 spiro atoms. The molecule has 0 saturated heterocycles. The van der Waals surface area contributed by atoms with Gasteiger partial charge in [-0.05, 0) is 57.6 Å².